The molecule has 1 aromatic heterocycles. The Hall–Kier alpha value is -2.74. The van der Waals surface area contributed by atoms with Crippen molar-refractivity contribution in [1.82, 2.24) is 20.1 Å². The van der Waals surface area contributed by atoms with Crippen LogP contribution in [0.2, 0.25) is 0 Å². The Morgan fingerprint density at radius 2 is 1.88 bits per heavy atom. The lowest BCUT2D eigenvalue weighted by Gasteiger charge is -2.34. The van der Waals surface area contributed by atoms with Gasteiger partial charge in [0, 0.05) is 30.1 Å². The zero-order valence-electron chi connectivity index (χ0n) is 14.1. The highest BCUT2D eigenvalue weighted by Gasteiger charge is 2.37. The summed E-state index contributed by atoms with van der Waals surface area (Å²) in [6.45, 7) is 1.09. The summed E-state index contributed by atoms with van der Waals surface area (Å²) in [5.41, 5.74) is 1.44. The third kappa shape index (κ3) is 3.08. The van der Waals surface area contributed by atoms with E-state index in [9.17, 15) is 14.4 Å². The maximum Gasteiger partial charge on any atom is 0.324 e. The second-order valence-corrected chi connectivity index (χ2v) is 7.21. The van der Waals surface area contributed by atoms with Gasteiger partial charge in [-0.15, -0.1) is 11.3 Å². The van der Waals surface area contributed by atoms with E-state index in [4.69, 9.17) is 0 Å². The van der Waals surface area contributed by atoms with Crippen molar-refractivity contribution < 1.29 is 14.4 Å². The van der Waals surface area contributed by atoms with E-state index in [-0.39, 0.29) is 30.4 Å². The van der Waals surface area contributed by atoms with Crippen LogP contribution >= 0.6 is 11.3 Å². The molecule has 8 heteroatoms. The number of urea groups is 1. The van der Waals surface area contributed by atoms with Crippen molar-refractivity contribution in [1.29, 1.82) is 0 Å². The number of carbonyl (C=O) groups excluding carboxylic acids is 3. The first-order chi connectivity index (χ1) is 12.6. The van der Waals surface area contributed by atoms with Crippen LogP contribution in [-0.2, 0) is 4.79 Å². The average Bonchev–Trinajstić information content (AvgIpc) is 3.29. The number of carbonyl (C=O) groups is 3. The summed E-state index contributed by atoms with van der Waals surface area (Å²) in [4.78, 5) is 43.8. The number of nitrogens with one attached hydrogen (secondary N) is 1. The van der Waals surface area contributed by atoms with Crippen molar-refractivity contribution in [2.75, 3.05) is 19.6 Å². The van der Waals surface area contributed by atoms with Crippen LogP contribution in [0.25, 0.3) is 10.6 Å². The van der Waals surface area contributed by atoms with Crippen molar-refractivity contribution in [3.05, 3.63) is 41.4 Å². The smallest absolute Gasteiger partial charge is 0.324 e. The van der Waals surface area contributed by atoms with Crippen LogP contribution in [0.3, 0.4) is 0 Å². The summed E-state index contributed by atoms with van der Waals surface area (Å²) in [6.07, 6.45) is 1.20. The lowest BCUT2D eigenvalue weighted by molar-refractivity contribution is -0.127. The van der Waals surface area contributed by atoms with E-state index >= 15 is 0 Å². The summed E-state index contributed by atoms with van der Waals surface area (Å²) < 4.78 is 0. The van der Waals surface area contributed by atoms with E-state index in [1.54, 1.807) is 10.3 Å². The molecule has 2 fully saturated rings. The lowest BCUT2D eigenvalue weighted by Crippen LogP contribution is -2.49. The maximum absolute atomic E-state index is 12.7. The number of rotatable bonds is 3. The van der Waals surface area contributed by atoms with Gasteiger partial charge in [0.25, 0.3) is 5.91 Å². The van der Waals surface area contributed by atoms with Crippen molar-refractivity contribution in [3.8, 4) is 10.6 Å². The molecule has 2 aliphatic rings. The number of hydrogen-bond acceptors (Lipinski definition) is 5. The van der Waals surface area contributed by atoms with Crippen LogP contribution in [0.15, 0.2) is 35.7 Å². The Balaban J connectivity index is 1.40. The number of aromatic nitrogens is 1. The highest BCUT2D eigenvalue weighted by molar-refractivity contribution is 7.13. The topological polar surface area (TPSA) is 82.6 Å². The molecule has 0 unspecified atom stereocenters. The zero-order valence-corrected chi connectivity index (χ0v) is 14.9. The fourth-order valence-corrected chi connectivity index (χ4v) is 4.18. The fraction of sp³-hybridized carbons (Fsp3) is 0.333. The first-order valence-electron chi connectivity index (χ1n) is 8.53. The monoisotopic (exact) mass is 370 g/mol. The second kappa shape index (κ2) is 6.87. The predicted octanol–water partition coefficient (Wildman–Crippen LogP) is 1.97. The van der Waals surface area contributed by atoms with Crippen LogP contribution < -0.4 is 5.32 Å². The molecule has 0 radical (unpaired) electrons. The summed E-state index contributed by atoms with van der Waals surface area (Å²) >= 11 is 1.45. The Kier molecular flexibility index (Phi) is 4.42. The minimum Gasteiger partial charge on any atom is -0.337 e. The molecule has 4 amide bonds. The Labute approximate surface area is 154 Å². The van der Waals surface area contributed by atoms with Crippen molar-refractivity contribution in [2.24, 2.45) is 0 Å². The third-order valence-electron chi connectivity index (χ3n) is 4.74. The number of piperidine rings is 1. The van der Waals surface area contributed by atoms with Gasteiger partial charge in [0.05, 0.1) is 6.54 Å². The molecule has 2 aliphatic heterocycles. The first kappa shape index (κ1) is 16.7. The molecule has 2 saturated heterocycles. The molecule has 0 spiro atoms. The van der Waals surface area contributed by atoms with E-state index < -0.39 is 0 Å². The number of amides is 4. The molecule has 26 heavy (non-hydrogen) atoms. The minimum absolute atomic E-state index is 0.0685. The molecule has 1 aromatic carbocycles. The van der Waals surface area contributed by atoms with Crippen LogP contribution in [0.4, 0.5) is 4.79 Å². The number of benzene rings is 1. The van der Waals surface area contributed by atoms with E-state index in [0.29, 0.717) is 31.6 Å². The largest absolute Gasteiger partial charge is 0.337 e. The Morgan fingerprint density at radius 3 is 2.54 bits per heavy atom. The number of hydrogen-bond donors (Lipinski definition) is 1. The van der Waals surface area contributed by atoms with Crippen molar-refractivity contribution in [3.63, 3.8) is 0 Å². The van der Waals surface area contributed by atoms with E-state index in [0.717, 1.165) is 10.6 Å². The summed E-state index contributed by atoms with van der Waals surface area (Å²) in [5, 5.41) is 5.15. The predicted molar refractivity (Wildman–Crippen MR) is 96.7 cm³/mol. The SMILES string of the molecule is O=C(c1csc(-c2ccccc2)n1)N1CCC(N2C(=O)CNC2=O)CC1. The molecule has 0 saturated carbocycles. The highest BCUT2D eigenvalue weighted by Crippen LogP contribution is 2.25. The Morgan fingerprint density at radius 1 is 1.15 bits per heavy atom. The molecule has 0 aliphatic carbocycles. The van der Waals surface area contributed by atoms with Gasteiger partial charge in [-0.3, -0.25) is 14.5 Å². The van der Waals surface area contributed by atoms with Crippen molar-refractivity contribution >= 4 is 29.2 Å². The van der Waals surface area contributed by atoms with Gasteiger partial charge in [-0.2, -0.15) is 0 Å². The summed E-state index contributed by atoms with van der Waals surface area (Å²) in [5.74, 6) is -0.286. The van der Waals surface area contributed by atoms with E-state index in [1.807, 2.05) is 30.3 Å². The molecule has 7 nitrogen and oxygen atoms in total. The number of thiazole rings is 1. The van der Waals surface area contributed by atoms with Gasteiger partial charge in [-0.05, 0) is 12.8 Å². The standard InChI is InChI=1S/C18H18N4O3S/c23-15-10-19-18(25)22(15)13-6-8-21(9-7-13)17(24)14-11-26-16(20-14)12-4-2-1-3-5-12/h1-5,11,13H,6-10H2,(H,19,25). The zero-order chi connectivity index (χ0) is 18.1. The van der Waals surface area contributed by atoms with Crippen molar-refractivity contribution in [2.45, 2.75) is 18.9 Å². The molecule has 1 N–H and O–H groups in total. The number of nitrogens with zero attached hydrogens (tertiary/aromatic N) is 3. The van der Waals surface area contributed by atoms with E-state index in [1.165, 1.54) is 16.2 Å². The van der Waals surface area contributed by atoms with Gasteiger partial charge in [0.2, 0.25) is 5.91 Å². The summed E-state index contributed by atoms with van der Waals surface area (Å²) in [7, 11) is 0. The van der Waals surface area contributed by atoms with Crippen LogP contribution in [0, 0.1) is 0 Å². The van der Waals surface area contributed by atoms with Gasteiger partial charge in [-0.1, -0.05) is 30.3 Å². The van der Waals surface area contributed by atoms with Gasteiger partial charge >= 0.3 is 6.03 Å². The second-order valence-electron chi connectivity index (χ2n) is 6.35. The molecule has 134 valence electrons. The molecule has 4 rings (SSSR count). The van der Waals surface area contributed by atoms with Gasteiger partial charge in [0.1, 0.15) is 10.7 Å². The average molecular weight is 370 g/mol. The normalized spacial score (nSPS) is 18.3. The maximum atomic E-state index is 12.7. The molecular formula is C18H18N4O3S. The quantitative estimate of drug-likeness (QED) is 0.838. The third-order valence-corrected chi connectivity index (χ3v) is 5.63. The van der Waals surface area contributed by atoms with Crippen LogP contribution in [0.5, 0.6) is 0 Å². The van der Waals surface area contributed by atoms with Crippen LogP contribution in [0.1, 0.15) is 23.3 Å². The van der Waals surface area contributed by atoms with Gasteiger partial charge < -0.3 is 10.2 Å². The van der Waals surface area contributed by atoms with Crippen LogP contribution in [-0.4, -0.2) is 58.3 Å². The fourth-order valence-electron chi connectivity index (χ4n) is 3.38. The van der Waals surface area contributed by atoms with Gasteiger partial charge in [-0.25, -0.2) is 9.78 Å². The molecular weight excluding hydrogens is 352 g/mol. The Bertz CT molecular complexity index is 827. The molecule has 3 heterocycles. The molecule has 0 atom stereocenters. The first-order valence-corrected chi connectivity index (χ1v) is 9.41. The molecule has 0 bridgehead atoms. The highest BCUT2D eigenvalue weighted by atomic mass is 32.1. The van der Waals surface area contributed by atoms with E-state index in [2.05, 4.69) is 10.3 Å². The molecule has 2 aromatic rings. The number of likely N-dealkylation sites (tertiary alicyclic amines) is 1. The summed E-state index contributed by atoms with van der Waals surface area (Å²) in [6, 6.07) is 9.31. The lowest BCUT2D eigenvalue weighted by atomic mass is 10.0. The minimum atomic E-state index is -0.327. The van der Waals surface area contributed by atoms with Gasteiger partial charge in [0.15, 0.2) is 0 Å². The number of imide groups is 1.